The highest BCUT2D eigenvalue weighted by Gasteiger charge is 2.25. The lowest BCUT2D eigenvalue weighted by Gasteiger charge is -2.14. The molecule has 23 aromatic carbocycles. The van der Waals surface area contributed by atoms with Gasteiger partial charge < -0.3 is 27.4 Å². The van der Waals surface area contributed by atoms with Crippen LogP contribution in [0.2, 0.25) is 0 Å². The third-order valence-corrected chi connectivity index (χ3v) is 30.3. The Kier molecular flexibility index (Phi) is 19.1. The first-order valence-corrected chi connectivity index (χ1v) is 49.2. The van der Waals surface area contributed by atoms with Crippen LogP contribution < -0.4 is 0 Å². The lowest BCUT2D eigenvalue weighted by molar-refractivity contribution is 1.18. The largest absolute Gasteiger partial charge is 0.309 e. The molecule has 30 rings (SSSR count). The monoisotopic (exact) mass is 1810 g/mol. The van der Waals surface area contributed by atoms with E-state index in [0.29, 0.717) is 0 Å². The van der Waals surface area contributed by atoms with Gasteiger partial charge in [-0.2, -0.15) is 0 Å². The van der Waals surface area contributed by atoms with E-state index >= 15 is 0 Å². The molecule has 0 fully saturated rings. The van der Waals surface area contributed by atoms with Crippen LogP contribution in [0.15, 0.2) is 522 Å². The Hall–Kier alpha value is -18.4. The van der Waals surface area contributed by atoms with Crippen molar-refractivity contribution >= 4 is 184 Å². The first-order valence-electron chi connectivity index (χ1n) is 48.4. The fraction of sp³-hybridized carbons (Fsp3) is 0. The van der Waals surface area contributed by atoms with E-state index in [1.807, 2.05) is 11.3 Å². The van der Waals surface area contributed by atoms with Crippen LogP contribution in [0.5, 0.6) is 0 Å². The number of rotatable bonds is 11. The van der Waals surface area contributed by atoms with Crippen molar-refractivity contribution in [2.75, 3.05) is 0 Å². The fourth-order valence-electron chi connectivity index (χ4n) is 22.7. The molecule has 30 aromatic rings. The maximum absolute atomic E-state index is 2.46. The zero-order valence-electron chi connectivity index (χ0n) is 76.7. The highest BCUT2D eigenvalue weighted by Crippen LogP contribution is 2.48. The van der Waals surface area contributed by atoms with Crippen LogP contribution >= 0.6 is 11.3 Å². The summed E-state index contributed by atoms with van der Waals surface area (Å²) < 4.78 is 17.1. The van der Waals surface area contributed by atoms with Crippen LogP contribution in [0.1, 0.15) is 0 Å². The highest BCUT2D eigenvalue weighted by atomic mass is 32.1. The van der Waals surface area contributed by atoms with Gasteiger partial charge in [0.2, 0.25) is 0 Å². The maximum Gasteiger partial charge on any atom is 0.0640 e. The van der Waals surface area contributed by atoms with E-state index in [1.165, 1.54) is 257 Å². The molecule has 0 unspecified atom stereocenters. The van der Waals surface area contributed by atoms with Crippen LogP contribution in [0.3, 0.4) is 0 Å². The Morgan fingerprint density at radius 3 is 0.887 bits per heavy atom. The van der Waals surface area contributed by atoms with E-state index in [0.717, 1.165) is 5.69 Å². The van der Waals surface area contributed by atoms with Crippen LogP contribution in [0.25, 0.3) is 262 Å². The summed E-state index contributed by atoms with van der Waals surface area (Å²) in [6, 6.07) is 190. The van der Waals surface area contributed by atoms with Crippen LogP contribution in [0, 0.1) is 0 Å². The summed E-state index contributed by atoms with van der Waals surface area (Å²) >= 11 is 1.88. The van der Waals surface area contributed by atoms with Gasteiger partial charge in [0.05, 0.1) is 88.0 Å². The second kappa shape index (κ2) is 33.3. The smallest absolute Gasteiger partial charge is 0.0640 e. The zero-order chi connectivity index (χ0) is 92.7. The van der Waals surface area contributed by atoms with Crippen molar-refractivity contribution in [3.63, 3.8) is 0 Å². The van der Waals surface area contributed by atoms with E-state index in [1.54, 1.807) is 0 Å². The van der Waals surface area contributed by atoms with Gasteiger partial charge in [0.15, 0.2) is 0 Å². The maximum atomic E-state index is 2.46. The number of thiophene rings is 1. The Morgan fingerprint density at radius 2 is 0.411 bits per heavy atom. The van der Waals surface area contributed by atoms with Crippen molar-refractivity contribution in [1.82, 2.24) is 27.4 Å². The first kappa shape index (κ1) is 81.0. The minimum absolute atomic E-state index is 1.16. The zero-order valence-corrected chi connectivity index (χ0v) is 77.6. The molecule has 7 aromatic heterocycles. The number of benzene rings is 23. The Morgan fingerprint density at radius 1 is 0.128 bits per heavy atom. The molecule has 658 valence electrons. The van der Waals surface area contributed by atoms with E-state index in [9.17, 15) is 0 Å². The van der Waals surface area contributed by atoms with E-state index in [4.69, 9.17) is 0 Å². The van der Waals surface area contributed by atoms with Gasteiger partial charge in [-0.3, -0.25) is 0 Å². The molecule has 0 aliphatic heterocycles. The number of hydrogen-bond donors (Lipinski definition) is 0. The summed E-state index contributed by atoms with van der Waals surface area (Å²) in [5.41, 5.74) is 34.0. The Bertz CT molecular complexity index is 10300. The van der Waals surface area contributed by atoms with Crippen LogP contribution in [0.4, 0.5) is 0 Å². The van der Waals surface area contributed by atoms with Gasteiger partial charge in [0.25, 0.3) is 0 Å². The minimum atomic E-state index is 1.16. The molecule has 0 bridgehead atoms. The molecule has 0 aliphatic carbocycles. The molecule has 0 atom stereocenters. The third-order valence-electron chi connectivity index (χ3n) is 29.1. The lowest BCUT2D eigenvalue weighted by Crippen LogP contribution is -1.97. The average Bonchev–Trinajstić information content (AvgIpc) is 1.59. The molecule has 0 spiro atoms. The number of nitrogens with zero attached hydrogens (tertiary/aromatic N) is 6. The second-order valence-corrected chi connectivity index (χ2v) is 38.0. The van der Waals surface area contributed by atoms with Gasteiger partial charge in [0, 0.05) is 108 Å². The quantitative estimate of drug-likeness (QED) is 0.124. The summed E-state index contributed by atoms with van der Waals surface area (Å²) in [4.78, 5) is 0. The predicted octanol–water partition coefficient (Wildman–Crippen LogP) is 36.7. The van der Waals surface area contributed by atoms with Crippen molar-refractivity contribution in [3.05, 3.63) is 522 Å². The van der Waals surface area contributed by atoms with Crippen molar-refractivity contribution in [3.8, 4) is 89.8 Å². The van der Waals surface area contributed by atoms with Crippen molar-refractivity contribution < 1.29 is 0 Å². The summed E-state index contributed by atoms with van der Waals surface area (Å²) in [5, 5.41) is 22.8. The summed E-state index contributed by atoms with van der Waals surface area (Å²) in [6.07, 6.45) is 0. The molecule has 0 aliphatic rings. The fourth-order valence-corrected chi connectivity index (χ4v) is 23.9. The number of aromatic nitrogens is 6. The van der Waals surface area contributed by atoms with E-state index < -0.39 is 0 Å². The minimum Gasteiger partial charge on any atom is -0.309 e. The molecule has 7 heteroatoms. The summed E-state index contributed by atoms with van der Waals surface area (Å²) in [7, 11) is 0. The van der Waals surface area contributed by atoms with Gasteiger partial charge in [0.1, 0.15) is 0 Å². The summed E-state index contributed by atoms with van der Waals surface area (Å²) in [5.74, 6) is 0. The molecule has 0 saturated heterocycles. The molecule has 0 radical (unpaired) electrons. The third kappa shape index (κ3) is 13.4. The van der Waals surface area contributed by atoms with Gasteiger partial charge >= 0.3 is 0 Å². The topological polar surface area (TPSA) is 29.6 Å². The Labute approximate surface area is 816 Å². The lowest BCUT2D eigenvalue weighted by atomic mass is 10.0. The molecule has 6 nitrogen and oxygen atoms in total. The van der Waals surface area contributed by atoms with Crippen LogP contribution in [-0.2, 0) is 0 Å². The summed E-state index contributed by atoms with van der Waals surface area (Å²) in [6.45, 7) is 0. The van der Waals surface area contributed by atoms with E-state index in [-0.39, 0.29) is 0 Å². The number of fused-ring (bicyclic) bond motifs is 23. The molecular weight excluding hydrogens is 1730 g/mol. The van der Waals surface area contributed by atoms with Gasteiger partial charge in [-0.1, -0.05) is 352 Å². The molecule has 0 saturated carbocycles. The standard InChI is InChI=1S/2C46H30N2.C42H26N2S/c1-2-13-31(14-3-1)35-18-6-9-21-41(35)47-43-22-10-7-19-37(43)39-29-33(25-27-45(39)47)34-26-28-46-40(30-34)38-20-8-11-23-44(38)48(46)42-24-12-16-32-15-4-5-17-36(32)42;1-2-10-31(11-3-1)33-18-23-37(24-19-33)47-43-16-8-6-14-39(43)41-29-35(21-26-45(41)47)36-22-27-46-42(30-36)40-15-7-9-17-44(40)48(46)38-25-20-32-12-4-5-13-34(32)28-38;1-2-11-29(12-3-1)43-36-17-7-4-13-30(36)34-25-27(21-23-38(34)43)28-22-24-39-35(26-28)31-14-5-8-18-37(31)44(39)40-19-10-16-33-32-15-6-9-20-41(32)45-42(33)40/h2*1-30H;1-26H. The van der Waals surface area contributed by atoms with Crippen LogP contribution in [-0.4, -0.2) is 27.4 Å². The molecule has 141 heavy (non-hydrogen) atoms. The van der Waals surface area contributed by atoms with E-state index in [2.05, 4.69) is 549 Å². The van der Waals surface area contributed by atoms with Gasteiger partial charge in [-0.25, -0.2) is 0 Å². The van der Waals surface area contributed by atoms with Crippen molar-refractivity contribution in [1.29, 1.82) is 0 Å². The second-order valence-electron chi connectivity index (χ2n) is 36.9. The predicted molar refractivity (Wildman–Crippen MR) is 600 cm³/mol. The van der Waals surface area contributed by atoms with Crippen molar-refractivity contribution in [2.24, 2.45) is 0 Å². The molecule has 0 N–H and O–H groups in total. The molecule has 7 heterocycles. The average molecular weight is 1810 g/mol. The Balaban J connectivity index is 0.000000104. The van der Waals surface area contributed by atoms with Gasteiger partial charge in [-0.05, 0) is 236 Å². The number of para-hydroxylation sites is 8. The molecule has 0 amide bonds. The normalized spacial score (nSPS) is 11.8. The SMILES string of the molecule is c1ccc(-c2ccc(-n3c4ccccc4c4cc(-c5ccc6c(c5)c5ccccc5n6-c5ccc6ccccc6c5)ccc43)cc2)cc1.c1ccc(-c2ccccc2-n2c3ccccc3c3cc(-c4ccc5c(c4)c4ccccc4n5-c4cccc5ccccc45)ccc32)cc1.c1ccc(-n2c3ccccc3c3cc(-c4ccc5c(c4)c4ccccc4n5-c4cccc5c4sc4ccccc45)ccc32)cc1. The van der Waals surface area contributed by atoms with Gasteiger partial charge in [-0.15, -0.1) is 11.3 Å². The highest BCUT2D eigenvalue weighted by molar-refractivity contribution is 7.26. The van der Waals surface area contributed by atoms with Crippen molar-refractivity contribution in [2.45, 2.75) is 0 Å². The number of hydrogen-bond acceptors (Lipinski definition) is 1. The molecular formula is C134H86N6S. The first-order chi connectivity index (χ1) is 70.0.